The summed E-state index contributed by atoms with van der Waals surface area (Å²) in [6, 6.07) is 0. The minimum Gasteiger partial charge on any atom is -0.295 e. The van der Waals surface area contributed by atoms with Crippen LogP contribution in [0.3, 0.4) is 0 Å². The molecule has 1 aromatic heterocycles. The second kappa shape index (κ2) is 2.85. The third-order valence-electron chi connectivity index (χ3n) is 1.91. The highest BCUT2D eigenvalue weighted by Crippen LogP contribution is 2.23. The Labute approximate surface area is 70.2 Å². The smallest absolute Gasteiger partial charge is 0.156 e. The van der Waals surface area contributed by atoms with Gasteiger partial charge in [0.2, 0.25) is 0 Å². The summed E-state index contributed by atoms with van der Waals surface area (Å²) in [7, 11) is 0. The van der Waals surface area contributed by atoms with Crippen molar-refractivity contribution in [1.82, 2.24) is 9.97 Å². The van der Waals surface area contributed by atoms with E-state index in [2.05, 4.69) is 9.97 Å². The molecule has 1 aliphatic rings. The zero-order chi connectivity index (χ0) is 8.39. The zero-order valence-corrected chi connectivity index (χ0v) is 6.53. The number of hydrogen-bond acceptors (Lipinski definition) is 3. The van der Waals surface area contributed by atoms with Gasteiger partial charge in [-0.2, -0.15) is 0 Å². The Morgan fingerprint density at radius 3 is 2.50 bits per heavy atom. The molecule has 0 fully saturated rings. The highest BCUT2D eigenvalue weighted by atomic mass is 16.1. The van der Waals surface area contributed by atoms with Crippen LogP contribution in [-0.4, -0.2) is 15.8 Å². The van der Waals surface area contributed by atoms with E-state index in [4.69, 9.17) is 0 Å². The second-order valence-electron chi connectivity index (χ2n) is 2.76. The first-order valence-electron chi connectivity index (χ1n) is 3.85. The van der Waals surface area contributed by atoms with Crippen molar-refractivity contribution < 1.29 is 4.79 Å². The summed E-state index contributed by atoms with van der Waals surface area (Å²) < 4.78 is 0. The molecule has 0 N–H and O–H groups in total. The molecule has 1 aliphatic carbocycles. The molecule has 0 unspecified atom stereocenters. The van der Waals surface area contributed by atoms with Crippen LogP contribution in [0.15, 0.2) is 24.8 Å². The Morgan fingerprint density at radius 2 is 1.92 bits per heavy atom. The molecule has 1 heterocycles. The second-order valence-corrected chi connectivity index (χ2v) is 2.76. The van der Waals surface area contributed by atoms with E-state index >= 15 is 0 Å². The quantitative estimate of drug-likeness (QED) is 0.620. The Balaban J connectivity index is 2.33. The van der Waals surface area contributed by atoms with Crippen molar-refractivity contribution in [2.45, 2.75) is 12.8 Å². The molecule has 0 radical (unpaired) electrons. The third-order valence-corrected chi connectivity index (χ3v) is 1.91. The number of nitrogens with zero attached hydrogens (tertiary/aromatic N) is 2. The van der Waals surface area contributed by atoms with E-state index in [1.165, 1.54) is 6.33 Å². The van der Waals surface area contributed by atoms with Crippen LogP contribution in [0.25, 0.3) is 5.57 Å². The largest absolute Gasteiger partial charge is 0.295 e. The molecule has 0 spiro atoms. The van der Waals surface area contributed by atoms with Crippen LogP contribution in [0.1, 0.15) is 18.4 Å². The van der Waals surface area contributed by atoms with E-state index in [9.17, 15) is 4.79 Å². The highest BCUT2D eigenvalue weighted by molar-refractivity contribution is 6.01. The minimum atomic E-state index is 0.203. The van der Waals surface area contributed by atoms with E-state index in [0.29, 0.717) is 6.42 Å². The molecule has 1 aromatic rings. The zero-order valence-electron chi connectivity index (χ0n) is 6.53. The first-order chi connectivity index (χ1) is 5.86. The lowest BCUT2D eigenvalue weighted by molar-refractivity contribution is -0.114. The van der Waals surface area contributed by atoms with E-state index < -0.39 is 0 Å². The first-order valence-corrected chi connectivity index (χ1v) is 3.85. The maximum absolute atomic E-state index is 10.9. The number of carbonyl (C=O) groups excluding carboxylic acids is 1. The van der Waals surface area contributed by atoms with Gasteiger partial charge in [-0.1, -0.05) is 0 Å². The van der Waals surface area contributed by atoms with Crippen LogP contribution in [-0.2, 0) is 4.79 Å². The van der Waals surface area contributed by atoms with Gasteiger partial charge in [-0.15, -0.1) is 0 Å². The number of hydrogen-bond donors (Lipinski definition) is 0. The molecule has 0 saturated heterocycles. The van der Waals surface area contributed by atoms with Gasteiger partial charge in [-0.3, -0.25) is 4.79 Å². The molecule has 2 rings (SSSR count). The van der Waals surface area contributed by atoms with Gasteiger partial charge in [-0.25, -0.2) is 9.97 Å². The SMILES string of the molecule is O=C1C=C(c2cncnc2)CC1. The standard InChI is InChI=1S/C9H8N2O/c12-9-2-1-7(3-9)8-4-10-6-11-5-8/h3-6H,1-2H2. The Morgan fingerprint density at radius 1 is 1.17 bits per heavy atom. The van der Waals surface area contributed by atoms with Crippen LogP contribution < -0.4 is 0 Å². The van der Waals surface area contributed by atoms with Crippen molar-refractivity contribution in [3.8, 4) is 0 Å². The fraction of sp³-hybridized carbons (Fsp3) is 0.222. The molecular weight excluding hydrogens is 152 g/mol. The molecule has 0 aromatic carbocycles. The molecule has 0 aliphatic heterocycles. The summed E-state index contributed by atoms with van der Waals surface area (Å²) in [5.74, 6) is 0.203. The summed E-state index contributed by atoms with van der Waals surface area (Å²) in [5, 5.41) is 0. The molecule has 0 atom stereocenters. The molecule has 0 saturated carbocycles. The molecule has 3 heteroatoms. The van der Waals surface area contributed by atoms with Gasteiger partial charge in [0, 0.05) is 24.4 Å². The van der Waals surface area contributed by atoms with Crippen LogP contribution in [0.2, 0.25) is 0 Å². The number of carbonyl (C=O) groups is 1. The highest BCUT2D eigenvalue weighted by Gasteiger charge is 2.13. The summed E-state index contributed by atoms with van der Waals surface area (Å²) >= 11 is 0. The topological polar surface area (TPSA) is 42.9 Å². The summed E-state index contributed by atoms with van der Waals surface area (Å²) in [6.45, 7) is 0. The normalized spacial score (nSPS) is 16.3. The van der Waals surface area contributed by atoms with Crippen LogP contribution in [0, 0.1) is 0 Å². The Bertz CT molecular complexity index is 330. The third kappa shape index (κ3) is 1.25. The van der Waals surface area contributed by atoms with Gasteiger partial charge in [0.25, 0.3) is 0 Å². The van der Waals surface area contributed by atoms with E-state index in [0.717, 1.165) is 17.6 Å². The van der Waals surface area contributed by atoms with Gasteiger partial charge in [0.15, 0.2) is 5.78 Å². The molecule has 12 heavy (non-hydrogen) atoms. The van der Waals surface area contributed by atoms with Crippen molar-refractivity contribution >= 4 is 11.4 Å². The molecular formula is C9H8N2O. The van der Waals surface area contributed by atoms with Gasteiger partial charge in [-0.05, 0) is 18.1 Å². The lowest BCUT2D eigenvalue weighted by atomic mass is 10.1. The lowest BCUT2D eigenvalue weighted by Crippen LogP contribution is -1.83. The number of ketones is 1. The maximum atomic E-state index is 10.9. The van der Waals surface area contributed by atoms with Gasteiger partial charge < -0.3 is 0 Å². The minimum absolute atomic E-state index is 0.203. The maximum Gasteiger partial charge on any atom is 0.156 e. The van der Waals surface area contributed by atoms with Crippen LogP contribution in [0.5, 0.6) is 0 Å². The summed E-state index contributed by atoms with van der Waals surface area (Å²) in [4.78, 5) is 18.7. The van der Waals surface area contributed by atoms with Crippen molar-refractivity contribution in [3.05, 3.63) is 30.4 Å². The Kier molecular flexibility index (Phi) is 1.70. The van der Waals surface area contributed by atoms with Gasteiger partial charge in [0.1, 0.15) is 6.33 Å². The predicted octanol–water partition coefficient (Wildman–Crippen LogP) is 1.22. The molecule has 60 valence electrons. The lowest BCUT2D eigenvalue weighted by Gasteiger charge is -1.96. The van der Waals surface area contributed by atoms with E-state index in [-0.39, 0.29) is 5.78 Å². The van der Waals surface area contributed by atoms with Crippen LogP contribution >= 0.6 is 0 Å². The number of aromatic nitrogens is 2. The van der Waals surface area contributed by atoms with Gasteiger partial charge >= 0.3 is 0 Å². The molecule has 0 bridgehead atoms. The average Bonchev–Trinajstić information content (AvgIpc) is 2.54. The molecule has 3 nitrogen and oxygen atoms in total. The van der Waals surface area contributed by atoms with Crippen LogP contribution in [0.4, 0.5) is 0 Å². The number of allylic oxidation sites excluding steroid dienone is 2. The summed E-state index contributed by atoms with van der Waals surface area (Å²) in [6.07, 6.45) is 8.09. The van der Waals surface area contributed by atoms with Crippen molar-refractivity contribution in [3.63, 3.8) is 0 Å². The average molecular weight is 160 g/mol. The van der Waals surface area contributed by atoms with Gasteiger partial charge in [0.05, 0.1) is 0 Å². The van der Waals surface area contributed by atoms with Crippen molar-refractivity contribution in [2.24, 2.45) is 0 Å². The van der Waals surface area contributed by atoms with E-state index in [1.54, 1.807) is 18.5 Å². The first kappa shape index (κ1) is 7.16. The molecule has 0 amide bonds. The number of rotatable bonds is 1. The van der Waals surface area contributed by atoms with Crippen molar-refractivity contribution in [2.75, 3.05) is 0 Å². The predicted molar refractivity (Wildman–Crippen MR) is 44.3 cm³/mol. The van der Waals surface area contributed by atoms with E-state index in [1.807, 2.05) is 0 Å². The van der Waals surface area contributed by atoms with Crippen molar-refractivity contribution in [1.29, 1.82) is 0 Å². The fourth-order valence-corrected chi connectivity index (χ4v) is 1.29. The monoisotopic (exact) mass is 160 g/mol. The fourth-order valence-electron chi connectivity index (χ4n) is 1.29. The Hall–Kier alpha value is -1.51. The summed E-state index contributed by atoms with van der Waals surface area (Å²) in [5.41, 5.74) is 2.02.